The molecule has 3 aromatic carbocycles. The first kappa shape index (κ1) is 26.4. The van der Waals surface area contributed by atoms with Crippen molar-refractivity contribution in [2.75, 3.05) is 19.8 Å². The Morgan fingerprint density at radius 2 is 1.67 bits per heavy atom. The molecular formula is C26H30ClNO5. The molecule has 7 heteroatoms. The Bertz CT molecular complexity index is 1010. The van der Waals surface area contributed by atoms with Crippen molar-refractivity contribution in [3.63, 3.8) is 0 Å². The van der Waals surface area contributed by atoms with Gasteiger partial charge in [0, 0.05) is 12.6 Å². The first-order chi connectivity index (χ1) is 15.5. The van der Waals surface area contributed by atoms with E-state index < -0.39 is 12.1 Å². The molecule has 0 saturated carbocycles. The largest absolute Gasteiger partial charge is 0.490 e. The molecule has 33 heavy (non-hydrogen) atoms. The fourth-order valence-corrected chi connectivity index (χ4v) is 3.52. The second-order valence-electron chi connectivity index (χ2n) is 7.72. The van der Waals surface area contributed by atoms with E-state index in [-0.39, 0.29) is 43.0 Å². The van der Waals surface area contributed by atoms with Gasteiger partial charge in [0.1, 0.15) is 17.9 Å². The minimum Gasteiger partial charge on any atom is -0.490 e. The summed E-state index contributed by atoms with van der Waals surface area (Å²) in [4.78, 5) is 11.4. The second kappa shape index (κ2) is 13.0. The van der Waals surface area contributed by atoms with Crippen LogP contribution in [0.5, 0.6) is 5.75 Å². The quantitative estimate of drug-likeness (QED) is 0.336. The van der Waals surface area contributed by atoms with Crippen molar-refractivity contribution in [3.8, 4) is 16.9 Å². The zero-order valence-corrected chi connectivity index (χ0v) is 19.3. The van der Waals surface area contributed by atoms with E-state index in [9.17, 15) is 15.0 Å². The zero-order chi connectivity index (χ0) is 22.9. The Morgan fingerprint density at radius 3 is 2.30 bits per heavy atom. The van der Waals surface area contributed by atoms with Gasteiger partial charge in [-0.3, -0.25) is 0 Å². The van der Waals surface area contributed by atoms with Crippen LogP contribution in [0.2, 0.25) is 0 Å². The molecule has 0 fully saturated rings. The van der Waals surface area contributed by atoms with Crippen LogP contribution in [0.4, 0.5) is 0 Å². The van der Waals surface area contributed by atoms with Gasteiger partial charge in [0.2, 0.25) is 0 Å². The number of halogens is 1. The fourth-order valence-electron chi connectivity index (χ4n) is 3.52. The number of benzene rings is 3. The monoisotopic (exact) mass is 471 g/mol. The molecule has 0 aliphatic rings. The molecule has 0 spiro atoms. The topological polar surface area (TPSA) is 99.0 Å². The van der Waals surface area contributed by atoms with Gasteiger partial charge in [-0.25, -0.2) is 4.79 Å². The second-order valence-corrected chi connectivity index (χ2v) is 7.72. The highest BCUT2D eigenvalue weighted by atomic mass is 35.5. The molecule has 0 amide bonds. The van der Waals surface area contributed by atoms with Crippen LogP contribution in [0.1, 0.15) is 34.5 Å². The highest BCUT2D eigenvalue weighted by Crippen LogP contribution is 2.28. The summed E-state index contributed by atoms with van der Waals surface area (Å²) in [7, 11) is 0. The lowest BCUT2D eigenvalue weighted by atomic mass is 9.99. The highest BCUT2D eigenvalue weighted by molar-refractivity contribution is 5.92. The molecule has 0 aromatic heterocycles. The maximum atomic E-state index is 11.4. The number of hydrogen-bond donors (Lipinski definition) is 4. The van der Waals surface area contributed by atoms with Crippen molar-refractivity contribution in [1.82, 2.24) is 5.32 Å². The molecule has 176 valence electrons. The summed E-state index contributed by atoms with van der Waals surface area (Å²) in [6.07, 6.45) is 0.266. The Morgan fingerprint density at radius 1 is 1.00 bits per heavy atom. The minimum absolute atomic E-state index is 0. The van der Waals surface area contributed by atoms with E-state index in [1.54, 1.807) is 12.1 Å². The number of aromatic carboxylic acids is 1. The van der Waals surface area contributed by atoms with Crippen LogP contribution in [0.15, 0.2) is 72.8 Å². The zero-order valence-electron chi connectivity index (χ0n) is 18.5. The molecular weight excluding hydrogens is 442 g/mol. The van der Waals surface area contributed by atoms with Gasteiger partial charge in [0.15, 0.2) is 0 Å². The third-order valence-electron chi connectivity index (χ3n) is 5.23. The molecule has 0 aliphatic heterocycles. The molecule has 3 rings (SSSR count). The van der Waals surface area contributed by atoms with Crippen LogP contribution >= 0.6 is 12.4 Å². The van der Waals surface area contributed by atoms with E-state index in [1.165, 1.54) is 6.07 Å². The van der Waals surface area contributed by atoms with Crippen LogP contribution in [-0.4, -0.2) is 47.1 Å². The van der Waals surface area contributed by atoms with E-state index in [2.05, 4.69) is 12.2 Å². The standard InChI is InChI=1S/C26H29NO5.ClH/c1-18(27-17-24(29)21-5-3-2-4-6-21)15-19-7-9-20(10-8-19)22-11-12-23(26(30)31)25(16-22)32-14-13-28;/h2-12,16,18,24,27-29H,13-15,17H2,1H3,(H,30,31);1H/t18-,24+;/m1./s1. The smallest absolute Gasteiger partial charge is 0.339 e. The first-order valence-electron chi connectivity index (χ1n) is 10.6. The average molecular weight is 472 g/mol. The lowest BCUT2D eigenvalue weighted by molar-refractivity contribution is 0.0690. The van der Waals surface area contributed by atoms with Gasteiger partial charge in [0.05, 0.1) is 12.7 Å². The maximum Gasteiger partial charge on any atom is 0.339 e. The van der Waals surface area contributed by atoms with Crippen LogP contribution in [0.3, 0.4) is 0 Å². The number of carboxylic acid groups (broad SMARTS) is 1. The fraction of sp³-hybridized carbons (Fsp3) is 0.269. The van der Waals surface area contributed by atoms with Gasteiger partial charge in [-0.1, -0.05) is 60.7 Å². The van der Waals surface area contributed by atoms with E-state index in [0.717, 1.165) is 28.7 Å². The number of hydrogen-bond acceptors (Lipinski definition) is 5. The summed E-state index contributed by atoms with van der Waals surface area (Å²) >= 11 is 0. The normalized spacial score (nSPS) is 12.5. The number of carboxylic acids is 1. The summed E-state index contributed by atoms with van der Waals surface area (Å²) in [5.41, 5.74) is 3.90. The van der Waals surface area contributed by atoms with Crippen LogP contribution in [0, 0.1) is 0 Å². The van der Waals surface area contributed by atoms with Crippen molar-refractivity contribution in [2.45, 2.75) is 25.5 Å². The molecule has 0 unspecified atom stereocenters. The first-order valence-corrected chi connectivity index (χ1v) is 10.6. The molecule has 0 aliphatic carbocycles. The van der Waals surface area contributed by atoms with Gasteiger partial charge in [-0.05, 0) is 47.7 Å². The maximum absolute atomic E-state index is 11.4. The third-order valence-corrected chi connectivity index (χ3v) is 5.23. The summed E-state index contributed by atoms with van der Waals surface area (Å²) in [6, 6.07) is 22.8. The average Bonchev–Trinajstić information content (AvgIpc) is 2.82. The SMILES string of the molecule is C[C@H](Cc1ccc(-c2ccc(C(=O)O)c(OCCO)c2)cc1)NC[C@H](O)c1ccccc1.Cl. The van der Waals surface area contributed by atoms with Crippen molar-refractivity contribution in [2.24, 2.45) is 0 Å². The van der Waals surface area contributed by atoms with E-state index >= 15 is 0 Å². The minimum atomic E-state index is -1.07. The molecule has 0 bridgehead atoms. The van der Waals surface area contributed by atoms with Crippen molar-refractivity contribution < 1.29 is 24.9 Å². The number of rotatable bonds is 11. The van der Waals surface area contributed by atoms with Crippen LogP contribution in [-0.2, 0) is 6.42 Å². The number of ether oxygens (including phenoxy) is 1. The van der Waals surface area contributed by atoms with Crippen LogP contribution in [0.25, 0.3) is 11.1 Å². The van der Waals surface area contributed by atoms with Crippen molar-refractivity contribution in [1.29, 1.82) is 0 Å². The summed E-state index contributed by atoms with van der Waals surface area (Å²) < 4.78 is 5.40. The van der Waals surface area contributed by atoms with Crippen molar-refractivity contribution in [3.05, 3.63) is 89.5 Å². The lowest BCUT2D eigenvalue weighted by Crippen LogP contribution is -2.32. The van der Waals surface area contributed by atoms with Gasteiger partial charge in [-0.2, -0.15) is 0 Å². The lowest BCUT2D eigenvalue weighted by Gasteiger charge is -2.18. The van der Waals surface area contributed by atoms with Gasteiger partial charge in [0.25, 0.3) is 0 Å². The van der Waals surface area contributed by atoms with E-state index in [0.29, 0.717) is 6.54 Å². The molecule has 4 N–H and O–H groups in total. The molecule has 0 saturated heterocycles. The van der Waals surface area contributed by atoms with Crippen molar-refractivity contribution >= 4 is 18.4 Å². The molecule has 3 aromatic rings. The van der Waals surface area contributed by atoms with Crippen LogP contribution < -0.4 is 10.1 Å². The molecule has 6 nitrogen and oxygen atoms in total. The van der Waals surface area contributed by atoms with E-state index in [4.69, 9.17) is 9.84 Å². The Balaban J connectivity index is 0.00000385. The Hall–Kier alpha value is -2.90. The number of nitrogens with one attached hydrogen (secondary N) is 1. The Labute approximate surface area is 200 Å². The number of aliphatic hydroxyl groups excluding tert-OH is 2. The molecule has 0 heterocycles. The van der Waals surface area contributed by atoms with Gasteiger partial charge >= 0.3 is 5.97 Å². The number of aliphatic hydroxyl groups is 2. The summed E-state index contributed by atoms with van der Waals surface area (Å²) in [6.45, 7) is 2.41. The molecule has 2 atom stereocenters. The number of carbonyl (C=O) groups is 1. The summed E-state index contributed by atoms with van der Waals surface area (Å²) in [5.74, 6) is -0.832. The molecule has 0 radical (unpaired) electrons. The van der Waals surface area contributed by atoms with Gasteiger partial charge < -0.3 is 25.4 Å². The Kier molecular flexibility index (Phi) is 10.4. The highest BCUT2D eigenvalue weighted by Gasteiger charge is 2.13. The van der Waals surface area contributed by atoms with E-state index in [1.807, 2.05) is 54.6 Å². The third kappa shape index (κ3) is 7.58. The van der Waals surface area contributed by atoms with Gasteiger partial charge in [-0.15, -0.1) is 12.4 Å². The predicted octanol–water partition coefficient (Wildman–Crippen LogP) is 4.10. The predicted molar refractivity (Wildman–Crippen MR) is 131 cm³/mol. The summed E-state index contributed by atoms with van der Waals surface area (Å²) in [5, 5.41) is 32.0.